The summed E-state index contributed by atoms with van der Waals surface area (Å²) in [5.41, 5.74) is 5.08. The van der Waals surface area contributed by atoms with E-state index in [1.807, 2.05) is 30.3 Å². The van der Waals surface area contributed by atoms with Crippen LogP contribution in [-0.2, 0) is 13.1 Å². The van der Waals surface area contributed by atoms with Crippen molar-refractivity contribution in [2.45, 2.75) is 25.9 Å². The van der Waals surface area contributed by atoms with E-state index in [0.717, 1.165) is 36.1 Å². The summed E-state index contributed by atoms with van der Waals surface area (Å²) in [6.45, 7) is 3.75. The van der Waals surface area contributed by atoms with Crippen LogP contribution in [0.15, 0.2) is 78.0 Å². The number of aromatic amines is 2. The first-order valence-corrected chi connectivity index (χ1v) is 13.0. The molecule has 1 aliphatic rings. The predicted octanol–water partition coefficient (Wildman–Crippen LogP) is 5.27. The lowest BCUT2D eigenvalue weighted by molar-refractivity contribution is 0.102. The summed E-state index contributed by atoms with van der Waals surface area (Å²) < 4.78 is 1.69. The van der Waals surface area contributed by atoms with E-state index in [4.69, 9.17) is 11.6 Å². The molecular weight excluding hydrogens is 500 g/mol. The van der Waals surface area contributed by atoms with Crippen LogP contribution in [-0.4, -0.2) is 43.6 Å². The zero-order chi connectivity index (χ0) is 26.1. The Labute approximate surface area is 224 Å². The maximum Gasteiger partial charge on any atom is 0.258 e. The smallest absolute Gasteiger partial charge is 0.258 e. The molecule has 9 heteroatoms. The summed E-state index contributed by atoms with van der Waals surface area (Å²) >= 11 is 5.95. The molecule has 8 nitrogen and oxygen atoms in total. The Bertz CT molecular complexity index is 1660. The summed E-state index contributed by atoms with van der Waals surface area (Å²) in [6, 6.07) is 17.5. The molecule has 0 unspecified atom stereocenters. The first-order valence-electron chi connectivity index (χ1n) is 12.7. The number of rotatable bonds is 7. The number of nitrogens with one attached hydrogen (secondary N) is 3. The van der Waals surface area contributed by atoms with Crippen LogP contribution in [0.1, 0.15) is 34.3 Å². The second-order valence-corrected chi connectivity index (χ2v) is 10.2. The molecule has 4 heterocycles. The number of aromatic nitrogens is 4. The Kier molecular flexibility index (Phi) is 6.57. The summed E-state index contributed by atoms with van der Waals surface area (Å²) in [6.07, 6.45) is 7.23. The van der Waals surface area contributed by atoms with Gasteiger partial charge in [0, 0.05) is 34.9 Å². The molecule has 0 spiro atoms. The lowest BCUT2D eigenvalue weighted by atomic mass is 10.1. The van der Waals surface area contributed by atoms with E-state index in [1.165, 1.54) is 30.8 Å². The second kappa shape index (κ2) is 10.3. The highest BCUT2D eigenvalue weighted by Gasteiger charge is 2.15. The van der Waals surface area contributed by atoms with E-state index in [1.54, 1.807) is 16.9 Å². The van der Waals surface area contributed by atoms with Gasteiger partial charge in [-0.3, -0.25) is 19.2 Å². The normalized spacial score (nSPS) is 13.8. The predicted molar refractivity (Wildman–Crippen MR) is 150 cm³/mol. The third kappa shape index (κ3) is 5.27. The largest absolute Gasteiger partial charge is 0.354 e. The molecule has 0 bridgehead atoms. The molecule has 0 atom stereocenters. The number of anilines is 1. The molecule has 0 radical (unpaired) electrons. The van der Waals surface area contributed by atoms with Crippen molar-refractivity contribution < 1.29 is 4.79 Å². The second-order valence-electron chi connectivity index (χ2n) is 9.73. The van der Waals surface area contributed by atoms with Crippen molar-refractivity contribution in [3.63, 3.8) is 0 Å². The average Bonchev–Trinajstić information content (AvgIpc) is 3.68. The maximum absolute atomic E-state index is 12.9. The van der Waals surface area contributed by atoms with Crippen LogP contribution in [0.5, 0.6) is 0 Å². The molecule has 192 valence electrons. The van der Waals surface area contributed by atoms with Gasteiger partial charge in [-0.2, -0.15) is 5.10 Å². The van der Waals surface area contributed by atoms with Gasteiger partial charge in [0.1, 0.15) is 0 Å². The van der Waals surface area contributed by atoms with Crippen LogP contribution in [0.2, 0.25) is 5.02 Å². The standard InChI is InChI=1S/C29H27ClN6O2/c30-23-6-3-19(4-7-23)17-36-18-22(14-32-36)28(37)33-24-13-25(29(38)31-15-24)27-12-21-11-20(5-8-26(21)34-27)16-35-9-1-2-10-35/h3-8,11-15,18,34H,1-2,9-10,16-17H2,(H,31,38)(H,33,37). The number of nitrogens with zero attached hydrogens (tertiary/aromatic N) is 3. The zero-order valence-corrected chi connectivity index (χ0v) is 21.5. The van der Waals surface area contributed by atoms with Gasteiger partial charge in [-0.1, -0.05) is 29.8 Å². The molecule has 0 saturated carbocycles. The third-order valence-corrected chi connectivity index (χ3v) is 7.15. The maximum atomic E-state index is 12.9. The number of carbonyl (C=O) groups is 1. The molecule has 3 aromatic heterocycles. The van der Waals surface area contributed by atoms with Gasteiger partial charge in [0.25, 0.3) is 11.5 Å². The summed E-state index contributed by atoms with van der Waals surface area (Å²) in [5, 5.41) is 8.89. The van der Waals surface area contributed by atoms with E-state index in [2.05, 4.69) is 43.5 Å². The summed E-state index contributed by atoms with van der Waals surface area (Å²) in [7, 11) is 0. The highest BCUT2D eigenvalue weighted by molar-refractivity contribution is 6.30. The van der Waals surface area contributed by atoms with Crippen molar-refractivity contribution in [3.05, 3.63) is 105 Å². The topological polar surface area (TPSA) is 98.8 Å². The number of halogens is 1. The Morgan fingerprint density at radius 3 is 2.61 bits per heavy atom. The molecule has 1 amide bonds. The molecule has 2 aromatic carbocycles. The van der Waals surface area contributed by atoms with Crippen molar-refractivity contribution in [1.82, 2.24) is 24.6 Å². The SMILES string of the molecule is O=C(Nc1c[nH]c(=O)c(-c2cc3cc(CN4CCCC4)ccc3[nH]2)c1)c1cnn(Cc2ccc(Cl)cc2)c1. The van der Waals surface area contributed by atoms with Crippen LogP contribution in [0, 0.1) is 0 Å². The molecule has 1 saturated heterocycles. The van der Waals surface area contributed by atoms with Crippen molar-refractivity contribution in [3.8, 4) is 11.3 Å². The number of fused-ring (bicyclic) bond motifs is 1. The van der Waals surface area contributed by atoms with Gasteiger partial charge in [-0.15, -0.1) is 0 Å². The molecular formula is C29H27ClN6O2. The number of carbonyl (C=O) groups excluding carboxylic acids is 1. The molecule has 6 rings (SSSR count). The minimum absolute atomic E-state index is 0.234. The van der Waals surface area contributed by atoms with Crippen molar-refractivity contribution >= 4 is 34.1 Å². The Morgan fingerprint density at radius 2 is 1.79 bits per heavy atom. The Hall–Kier alpha value is -4.14. The van der Waals surface area contributed by atoms with Gasteiger partial charge in [0.15, 0.2) is 0 Å². The van der Waals surface area contributed by atoms with Crippen molar-refractivity contribution in [2.75, 3.05) is 18.4 Å². The summed E-state index contributed by atoms with van der Waals surface area (Å²) in [5.74, 6) is -0.312. The highest BCUT2D eigenvalue weighted by Crippen LogP contribution is 2.25. The molecule has 0 aliphatic carbocycles. The monoisotopic (exact) mass is 526 g/mol. The average molecular weight is 527 g/mol. The lowest BCUT2D eigenvalue weighted by Crippen LogP contribution is -2.18. The minimum Gasteiger partial charge on any atom is -0.354 e. The zero-order valence-electron chi connectivity index (χ0n) is 20.7. The van der Waals surface area contributed by atoms with Crippen LogP contribution >= 0.6 is 11.6 Å². The molecule has 3 N–H and O–H groups in total. The fraction of sp³-hybridized carbons (Fsp3) is 0.207. The number of likely N-dealkylation sites (tertiary alicyclic amines) is 1. The van der Waals surface area contributed by atoms with Gasteiger partial charge < -0.3 is 15.3 Å². The molecule has 1 aliphatic heterocycles. The minimum atomic E-state index is -0.312. The molecule has 5 aromatic rings. The van der Waals surface area contributed by atoms with Crippen LogP contribution < -0.4 is 10.9 Å². The van der Waals surface area contributed by atoms with Gasteiger partial charge in [-0.05, 0) is 73.5 Å². The van der Waals surface area contributed by atoms with E-state index in [0.29, 0.717) is 34.1 Å². The van der Waals surface area contributed by atoms with E-state index >= 15 is 0 Å². The van der Waals surface area contributed by atoms with E-state index in [9.17, 15) is 9.59 Å². The number of hydrogen-bond acceptors (Lipinski definition) is 4. The number of pyridine rings is 1. The quantitative estimate of drug-likeness (QED) is 0.269. The number of amides is 1. The Balaban J connectivity index is 1.18. The first kappa shape index (κ1) is 24.2. The number of H-pyrrole nitrogens is 2. The van der Waals surface area contributed by atoms with Crippen molar-refractivity contribution in [2.24, 2.45) is 0 Å². The molecule has 1 fully saturated rings. The fourth-order valence-electron chi connectivity index (χ4n) is 4.93. The van der Waals surface area contributed by atoms with Crippen LogP contribution in [0.4, 0.5) is 5.69 Å². The van der Waals surface area contributed by atoms with E-state index < -0.39 is 0 Å². The Morgan fingerprint density at radius 1 is 1.00 bits per heavy atom. The number of benzene rings is 2. The summed E-state index contributed by atoms with van der Waals surface area (Å²) in [4.78, 5) is 34.1. The first-order chi connectivity index (χ1) is 18.5. The van der Waals surface area contributed by atoms with Gasteiger partial charge in [-0.25, -0.2) is 0 Å². The van der Waals surface area contributed by atoms with E-state index in [-0.39, 0.29) is 11.5 Å². The van der Waals surface area contributed by atoms with Crippen LogP contribution in [0.25, 0.3) is 22.2 Å². The lowest BCUT2D eigenvalue weighted by Gasteiger charge is -2.14. The van der Waals surface area contributed by atoms with Gasteiger partial charge in [0.05, 0.1) is 35.2 Å². The van der Waals surface area contributed by atoms with Gasteiger partial charge in [0.2, 0.25) is 0 Å². The van der Waals surface area contributed by atoms with Gasteiger partial charge >= 0.3 is 0 Å². The molecule has 38 heavy (non-hydrogen) atoms. The third-order valence-electron chi connectivity index (χ3n) is 6.89. The van der Waals surface area contributed by atoms with Crippen LogP contribution in [0.3, 0.4) is 0 Å². The highest BCUT2D eigenvalue weighted by atomic mass is 35.5. The van der Waals surface area contributed by atoms with Crippen molar-refractivity contribution in [1.29, 1.82) is 0 Å². The fourth-order valence-corrected chi connectivity index (χ4v) is 5.05. The number of hydrogen-bond donors (Lipinski definition) is 3.